The third-order valence-electron chi connectivity index (χ3n) is 2.88. The number of thiophene rings is 1. The third kappa shape index (κ3) is 1.78. The maximum atomic E-state index is 12.5. The van der Waals surface area contributed by atoms with Crippen molar-refractivity contribution in [3.05, 3.63) is 45.6 Å². The first-order valence-corrected chi connectivity index (χ1v) is 6.63. The first-order valence-electron chi connectivity index (χ1n) is 5.75. The first-order chi connectivity index (χ1) is 8.77. The first kappa shape index (κ1) is 11.3. The number of aryl methyl sites for hydroxylation is 1. The summed E-state index contributed by atoms with van der Waals surface area (Å²) in [5, 5.41) is 1.93. The van der Waals surface area contributed by atoms with Gasteiger partial charge in [-0.05, 0) is 36.1 Å². The van der Waals surface area contributed by atoms with Gasteiger partial charge in [-0.3, -0.25) is 4.79 Å². The summed E-state index contributed by atoms with van der Waals surface area (Å²) in [5.74, 6) is 1.23. The molecule has 1 aromatic heterocycles. The van der Waals surface area contributed by atoms with Crippen molar-refractivity contribution in [3.63, 3.8) is 0 Å². The monoisotopic (exact) mass is 260 g/mol. The standard InChI is InChI=1S/C14H12O3S/c1-9-5-8-18-14(9)12(15)10-3-2-4-11-13(10)17-7-6-16-11/h2-5,8H,6-7H2,1H3. The molecule has 1 aliphatic heterocycles. The van der Waals surface area contributed by atoms with Crippen molar-refractivity contribution in [1.82, 2.24) is 0 Å². The molecule has 0 aliphatic carbocycles. The molecule has 2 aromatic rings. The van der Waals surface area contributed by atoms with Crippen molar-refractivity contribution in [2.24, 2.45) is 0 Å². The zero-order chi connectivity index (χ0) is 12.5. The molecule has 2 heterocycles. The molecule has 18 heavy (non-hydrogen) atoms. The van der Waals surface area contributed by atoms with Crippen LogP contribution in [-0.2, 0) is 0 Å². The van der Waals surface area contributed by atoms with Crippen molar-refractivity contribution >= 4 is 17.1 Å². The number of carbonyl (C=O) groups is 1. The average Bonchev–Trinajstić information content (AvgIpc) is 2.83. The van der Waals surface area contributed by atoms with Gasteiger partial charge < -0.3 is 9.47 Å². The van der Waals surface area contributed by atoms with Crippen molar-refractivity contribution < 1.29 is 14.3 Å². The Morgan fingerprint density at radius 3 is 2.83 bits per heavy atom. The third-order valence-corrected chi connectivity index (χ3v) is 3.89. The van der Waals surface area contributed by atoms with Gasteiger partial charge in [-0.1, -0.05) is 6.07 Å². The van der Waals surface area contributed by atoms with Gasteiger partial charge in [0.05, 0.1) is 10.4 Å². The van der Waals surface area contributed by atoms with E-state index in [0.717, 1.165) is 10.4 Å². The summed E-state index contributed by atoms with van der Waals surface area (Å²) < 4.78 is 11.1. The van der Waals surface area contributed by atoms with Gasteiger partial charge in [0.2, 0.25) is 5.78 Å². The van der Waals surface area contributed by atoms with Crippen LogP contribution in [0.1, 0.15) is 20.8 Å². The zero-order valence-corrected chi connectivity index (χ0v) is 10.8. The molecule has 92 valence electrons. The van der Waals surface area contributed by atoms with Crippen molar-refractivity contribution in [3.8, 4) is 11.5 Å². The number of rotatable bonds is 2. The summed E-state index contributed by atoms with van der Waals surface area (Å²) in [5.41, 5.74) is 1.58. The highest BCUT2D eigenvalue weighted by atomic mass is 32.1. The van der Waals surface area contributed by atoms with Crippen molar-refractivity contribution in [1.29, 1.82) is 0 Å². The molecule has 3 rings (SSSR count). The molecule has 0 radical (unpaired) electrons. The van der Waals surface area contributed by atoms with Crippen LogP contribution in [0.4, 0.5) is 0 Å². The molecule has 4 heteroatoms. The van der Waals surface area contributed by atoms with Gasteiger partial charge in [-0.2, -0.15) is 0 Å². The highest BCUT2D eigenvalue weighted by molar-refractivity contribution is 7.12. The SMILES string of the molecule is Cc1ccsc1C(=O)c1cccc2c1OCCO2. The lowest BCUT2D eigenvalue weighted by molar-refractivity contribution is 0.103. The van der Waals surface area contributed by atoms with Gasteiger partial charge in [0.25, 0.3) is 0 Å². The minimum absolute atomic E-state index is 0.00449. The van der Waals surface area contributed by atoms with E-state index in [-0.39, 0.29) is 5.78 Å². The molecule has 0 amide bonds. The van der Waals surface area contributed by atoms with Gasteiger partial charge >= 0.3 is 0 Å². The summed E-state index contributed by atoms with van der Waals surface area (Å²) in [6, 6.07) is 7.38. The number of benzene rings is 1. The number of para-hydroxylation sites is 1. The van der Waals surface area contributed by atoms with Gasteiger partial charge in [0.1, 0.15) is 13.2 Å². The molecule has 0 unspecified atom stereocenters. The lowest BCUT2D eigenvalue weighted by Gasteiger charge is -2.20. The maximum absolute atomic E-state index is 12.5. The van der Waals surface area contributed by atoms with Crippen LogP contribution in [0.2, 0.25) is 0 Å². The number of fused-ring (bicyclic) bond motifs is 1. The average molecular weight is 260 g/mol. The number of carbonyl (C=O) groups excluding carboxylic acids is 1. The molecule has 0 saturated heterocycles. The Morgan fingerprint density at radius 2 is 2.06 bits per heavy atom. The van der Waals surface area contributed by atoms with Gasteiger partial charge in [0, 0.05) is 0 Å². The fourth-order valence-electron chi connectivity index (χ4n) is 1.98. The topological polar surface area (TPSA) is 35.5 Å². The van der Waals surface area contributed by atoms with E-state index in [2.05, 4.69) is 0 Å². The predicted octanol–water partition coefficient (Wildman–Crippen LogP) is 3.06. The molecule has 0 atom stereocenters. The Balaban J connectivity index is 2.07. The van der Waals surface area contributed by atoms with E-state index >= 15 is 0 Å². The van der Waals surface area contributed by atoms with E-state index in [1.54, 1.807) is 6.07 Å². The van der Waals surface area contributed by atoms with E-state index in [9.17, 15) is 4.79 Å². The van der Waals surface area contributed by atoms with E-state index in [0.29, 0.717) is 30.3 Å². The summed E-state index contributed by atoms with van der Waals surface area (Å²) in [6.45, 7) is 2.96. The summed E-state index contributed by atoms with van der Waals surface area (Å²) >= 11 is 1.46. The summed E-state index contributed by atoms with van der Waals surface area (Å²) in [4.78, 5) is 13.2. The largest absolute Gasteiger partial charge is 0.486 e. The number of ether oxygens (including phenoxy) is 2. The molecule has 0 bridgehead atoms. The van der Waals surface area contributed by atoms with Crippen LogP contribution in [0.3, 0.4) is 0 Å². The van der Waals surface area contributed by atoms with Crippen LogP contribution in [-0.4, -0.2) is 19.0 Å². The van der Waals surface area contributed by atoms with E-state index in [1.807, 2.05) is 30.5 Å². The van der Waals surface area contributed by atoms with Crippen LogP contribution < -0.4 is 9.47 Å². The molecule has 0 N–H and O–H groups in total. The quantitative estimate of drug-likeness (QED) is 0.778. The smallest absolute Gasteiger partial charge is 0.207 e. The molecule has 3 nitrogen and oxygen atoms in total. The predicted molar refractivity (Wildman–Crippen MR) is 69.9 cm³/mol. The van der Waals surface area contributed by atoms with Crippen LogP contribution in [0, 0.1) is 6.92 Å². The summed E-state index contributed by atoms with van der Waals surface area (Å²) in [7, 11) is 0. The fraction of sp³-hybridized carbons (Fsp3) is 0.214. The van der Waals surface area contributed by atoms with Crippen LogP contribution in [0.5, 0.6) is 11.5 Å². The van der Waals surface area contributed by atoms with E-state index < -0.39 is 0 Å². The maximum Gasteiger partial charge on any atom is 0.207 e. The molecule has 1 aromatic carbocycles. The Morgan fingerprint density at radius 1 is 1.22 bits per heavy atom. The number of hydrogen-bond donors (Lipinski definition) is 0. The molecular formula is C14H12O3S. The van der Waals surface area contributed by atoms with Crippen molar-refractivity contribution in [2.75, 3.05) is 13.2 Å². The lowest BCUT2D eigenvalue weighted by atomic mass is 10.1. The van der Waals surface area contributed by atoms with Gasteiger partial charge in [-0.25, -0.2) is 0 Å². The highest BCUT2D eigenvalue weighted by Crippen LogP contribution is 2.35. The second kappa shape index (κ2) is 4.46. The van der Waals surface area contributed by atoms with Gasteiger partial charge in [0.15, 0.2) is 11.5 Å². The van der Waals surface area contributed by atoms with Crippen LogP contribution >= 0.6 is 11.3 Å². The fourth-order valence-corrected chi connectivity index (χ4v) is 2.86. The van der Waals surface area contributed by atoms with Gasteiger partial charge in [-0.15, -0.1) is 11.3 Å². The number of hydrogen-bond acceptors (Lipinski definition) is 4. The Hall–Kier alpha value is -1.81. The zero-order valence-electron chi connectivity index (χ0n) is 9.93. The van der Waals surface area contributed by atoms with E-state index in [1.165, 1.54) is 11.3 Å². The van der Waals surface area contributed by atoms with Crippen molar-refractivity contribution in [2.45, 2.75) is 6.92 Å². The Bertz CT molecular complexity index is 601. The lowest BCUT2D eigenvalue weighted by Crippen LogP contribution is -2.17. The Labute approximate surface area is 109 Å². The summed E-state index contributed by atoms with van der Waals surface area (Å²) in [6.07, 6.45) is 0. The second-order valence-corrected chi connectivity index (χ2v) is 5.01. The second-order valence-electron chi connectivity index (χ2n) is 4.09. The normalized spacial score (nSPS) is 13.4. The number of ketones is 1. The molecule has 0 saturated carbocycles. The highest BCUT2D eigenvalue weighted by Gasteiger charge is 2.22. The van der Waals surface area contributed by atoms with Crippen LogP contribution in [0.25, 0.3) is 0 Å². The van der Waals surface area contributed by atoms with Crippen LogP contribution in [0.15, 0.2) is 29.6 Å². The molecule has 1 aliphatic rings. The minimum atomic E-state index is 0.00449. The minimum Gasteiger partial charge on any atom is -0.486 e. The van der Waals surface area contributed by atoms with E-state index in [4.69, 9.17) is 9.47 Å². The molecule has 0 fully saturated rings. The molecular weight excluding hydrogens is 248 g/mol. The molecule has 0 spiro atoms. The Kier molecular flexibility index (Phi) is 2.80.